The van der Waals surface area contributed by atoms with Crippen molar-refractivity contribution < 1.29 is 13.9 Å². The highest BCUT2D eigenvalue weighted by Gasteiger charge is 2.07. The number of nitrogens with one attached hydrogen (secondary N) is 2. The number of H-pyrrole nitrogens is 1. The van der Waals surface area contributed by atoms with Gasteiger partial charge >= 0.3 is 0 Å². The number of benzene rings is 2. The number of carbonyl (C=O) groups is 1. The SMILES string of the molecule is Cc1cccc(OCC(=O)NCCc2c[nH]c3ccc(F)cc23)c1. The molecule has 0 saturated carbocycles. The summed E-state index contributed by atoms with van der Waals surface area (Å²) >= 11 is 0. The number of rotatable bonds is 6. The summed E-state index contributed by atoms with van der Waals surface area (Å²) in [7, 11) is 0. The predicted octanol–water partition coefficient (Wildman–Crippen LogP) is 3.35. The minimum Gasteiger partial charge on any atom is -0.484 e. The zero-order chi connectivity index (χ0) is 16.9. The second-order valence-corrected chi connectivity index (χ2v) is 5.71. The van der Waals surface area contributed by atoms with E-state index in [1.54, 1.807) is 6.07 Å². The molecule has 1 amide bonds. The molecule has 0 bridgehead atoms. The first-order valence-corrected chi connectivity index (χ1v) is 7.83. The average molecular weight is 326 g/mol. The van der Waals surface area contributed by atoms with Crippen LogP contribution >= 0.6 is 0 Å². The zero-order valence-electron chi connectivity index (χ0n) is 13.4. The van der Waals surface area contributed by atoms with E-state index in [1.165, 1.54) is 12.1 Å². The molecule has 0 saturated heterocycles. The maximum Gasteiger partial charge on any atom is 0.257 e. The highest BCUT2D eigenvalue weighted by molar-refractivity contribution is 5.83. The van der Waals surface area contributed by atoms with Crippen molar-refractivity contribution in [2.24, 2.45) is 0 Å². The Morgan fingerprint density at radius 2 is 2.12 bits per heavy atom. The number of aromatic nitrogens is 1. The lowest BCUT2D eigenvalue weighted by atomic mass is 10.1. The molecule has 0 aliphatic carbocycles. The van der Waals surface area contributed by atoms with Gasteiger partial charge in [-0.25, -0.2) is 4.39 Å². The molecule has 3 aromatic rings. The average Bonchev–Trinajstić information content (AvgIpc) is 2.95. The zero-order valence-corrected chi connectivity index (χ0v) is 13.4. The van der Waals surface area contributed by atoms with Crippen molar-refractivity contribution in [3.63, 3.8) is 0 Å². The fraction of sp³-hybridized carbons (Fsp3) is 0.211. The third-order valence-corrected chi connectivity index (χ3v) is 3.81. The van der Waals surface area contributed by atoms with Crippen LogP contribution in [0.25, 0.3) is 10.9 Å². The Labute approximate surface area is 139 Å². The molecule has 5 heteroatoms. The van der Waals surface area contributed by atoms with Crippen LogP contribution in [0.4, 0.5) is 4.39 Å². The van der Waals surface area contributed by atoms with Crippen LogP contribution < -0.4 is 10.1 Å². The first-order valence-electron chi connectivity index (χ1n) is 7.83. The summed E-state index contributed by atoms with van der Waals surface area (Å²) in [4.78, 5) is 14.9. The molecule has 0 spiro atoms. The number of aromatic amines is 1. The molecule has 1 aromatic heterocycles. The summed E-state index contributed by atoms with van der Waals surface area (Å²) in [5.74, 6) is 0.235. The lowest BCUT2D eigenvalue weighted by Gasteiger charge is -2.08. The molecule has 0 aliphatic rings. The predicted molar refractivity (Wildman–Crippen MR) is 91.6 cm³/mol. The fourth-order valence-electron chi connectivity index (χ4n) is 2.60. The van der Waals surface area contributed by atoms with Crippen molar-refractivity contribution in [1.82, 2.24) is 10.3 Å². The van der Waals surface area contributed by atoms with E-state index in [0.717, 1.165) is 22.0 Å². The van der Waals surface area contributed by atoms with Gasteiger partial charge in [0.05, 0.1) is 0 Å². The number of carbonyl (C=O) groups excluding carboxylic acids is 1. The summed E-state index contributed by atoms with van der Waals surface area (Å²) in [5, 5.41) is 3.66. The fourth-order valence-corrected chi connectivity index (χ4v) is 2.60. The molecule has 0 radical (unpaired) electrons. The van der Waals surface area contributed by atoms with Crippen LogP contribution in [0.2, 0.25) is 0 Å². The minimum absolute atomic E-state index is 0.0219. The Morgan fingerprint density at radius 1 is 1.25 bits per heavy atom. The molecule has 0 unspecified atom stereocenters. The third kappa shape index (κ3) is 3.93. The number of fused-ring (bicyclic) bond motifs is 1. The molecular formula is C19H19FN2O2. The molecule has 1 heterocycles. The monoisotopic (exact) mass is 326 g/mol. The molecule has 3 rings (SSSR count). The molecule has 2 aromatic carbocycles. The lowest BCUT2D eigenvalue weighted by Crippen LogP contribution is -2.30. The van der Waals surface area contributed by atoms with Crippen LogP contribution in [-0.4, -0.2) is 24.0 Å². The molecule has 4 nitrogen and oxygen atoms in total. The Hall–Kier alpha value is -2.82. The number of amides is 1. The van der Waals surface area contributed by atoms with Gasteiger partial charge in [-0.05, 0) is 54.8 Å². The van der Waals surface area contributed by atoms with E-state index in [9.17, 15) is 9.18 Å². The number of hydrogen-bond donors (Lipinski definition) is 2. The topological polar surface area (TPSA) is 54.1 Å². The molecule has 24 heavy (non-hydrogen) atoms. The summed E-state index contributed by atoms with van der Waals surface area (Å²) in [5.41, 5.74) is 2.95. The van der Waals surface area contributed by atoms with E-state index >= 15 is 0 Å². The highest BCUT2D eigenvalue weighted by Crippen LogP contribution is 2.19. The molecule has 0 aliphatic heterocycles. The number of halogens is 1. The van der Waals surface area contributed by atoms with Crippen molar-refractivity contribution in [2.45, 2.75) is 13.3 Å². The summed E-state index contributed by atoms with van der Waals surface area (Å²) in [6.07, 6.45) is 2.47. The Kier molecular flexibility index (Phi) is 4.79. The maximum absolute atomic E-state index is 13.3. The Morgan fingerprint density at radius 3 is 2.96 bits per heavy atom. The molecular weight excluding hydrogens is 307 g/mol. The van der Waals surface area contributed by atoms with Gasteiger partial charge in [0, 0.05) is 23.6 Å². The second kappa shape index (κ2) is 7.17. The summed E-state index contributed by atoms with van der Waals surface area (Å²) in [6, 6.07) is 12.2. The van der Waals surface area contributed by atoms with Crippen LogP contribution in [0.5, 0.6) is 5.75 Å². The second-order valence-electron chi connectivity index (χ2n) is 5.71. The minimum atomic E-state index is -0.265. The molecule has 0 fully saturated rings. The van der Waals surface area contributed by atoms with E-state index in [0.29, 0.717) is 18.7 Å². The van der Waals surface area contributed by atoms with E-state index in [2.05, 4.69) is 10.3 Å². The Bertz CT molecular complexity index is 857. The highest BCUT2D eigenvalue weighted by atomic mass is 19.1. The smallest absolute Gasteiger partial charge is 0.257 e. The van der Waals surface area contributed by atoms with Crippen molar-refractivity contribution in [3.05, 3.63) is 65.6 Å². The largest absolute Gasteiger partial charge is 0.484 e. The van der Waals surface area contributed by atoms with E-state index in [4.69, 9.17) is 4.74 Å². The van der Waals surface area contributed by atoms with Gasteiger partial charge in [-0.15, -0.1) is 0 Å². The van der Waals surface area contributed by atoms with Gasteiger partial charge in [0.2, 0.25) is 0 Å². The van der Waals surface area contributed by atoms with Gasteiger partial charge in [0.25, 0.3) is 5.91 Å². The maximum atomic E-state index is 13.3. The van der Waals surface area contributed by atoms with E-state index in [1.807, 2.05) is 37.4 Å². The number of ether oxygens (including phenoxy) is 1. The van der Waals surface area contributed by atoms with Crippen LogP contribution in [0.15, 0.2) is 48.7 Å². The normalized spacial score (nSPS) is 10.8. The van der Waals surface area contributed by atoms with Crippen molar-refractivity contribution in [2.75, 3.05) is 13.2 Å². The van der Waals surface area contributed by atoms with Gasteiger partial charge in [-0.3, -0.25) is 4.79 Å². The lowest BCUT2D eigenvalue weighted by molar-refractivity contribution is -0.123. The van der Waals surface area contributed by atoms with Gasteiger partial charge in [-0.1, -0.05) is 12.1 Å². The van der Waals surface area contributed by atoms with Crippen molar-refractivity contribution in [1.29, 1.82) is 0 Å². The van der Waals surface area contributed by atoms with Crippen LogP contribution in [0.3, 0.4) is 0 Å². The van der Waals surface area contributed by atoms with Crippen molar-refractivity contribution in [3.8, 4) is 5.75 Å². The summed E-state index contributed by atoms with van der Waals surface area (Å²) in [6.45, 7) is 2.42. The van der Waals surface area contributed by atoms with E-state index in [-0.39, 0.29) is 18.3 Å². The standard InChI is InChI=1S/C19H19FN2O2/c1-13-3-2-4-16(9-13)24-12-19(23)21-8-7-14-11-22-18-6-5-15(20)10-17(14)18/h2-6,9-11,22H,7-8,12H2,1H3,(H,21,23). The third-order valence-electron chi connectivity index (χ3n) is 3.81. The number of hydrogen-bond acceptors (Lipinski definition) is 2. The van der Waals surface area contributed by atoms with Gasteiger partial charge in [0.15, 0.2) is 6.61 Å². The summed E-state index contributed by atoms with van der Waals surface area (Å²) < 4.78 is 18.8. The van der Waals surface area contributed by atoms with Gasteiger partial charge < -0.3 is 15.0 Å². The quantitative estimate of drug-likeness (QED) is 0.730. The van der Waals surface area contributed by atoms with Crippen LogP contribution in [0, 0.1) is 12.7 Å². The van der Waals surface area contributed by atoms with Crippen molar-refractivity contribution >= 4 is 16.8 Å². The molecule has 0 atom stereocenters. The van der Waals surface area contributed by atoms with Gasteiger partial charge in [0.1, 0.15) is 11.6 Å². The first kappa shape index (κ1) is 16.1. The van der Waals surface area contributed by atoms with E-state index < -0.39 is 0 Å². The van der Waals surface area contributed by atoms with Crippen LogP contribution in [-0.2, 0) is 11.2 Å². The number of aryl methyl sites for hydroxylation is 1. The van der Waals surface area contributed by atoms with Crippen LogP contribution in [0.1, 0.15) is 11.1 Å². The molecule has 124 valence electrons. The first-order chi connectivity index (χ1) is 11.6. The molecule has 2 N–H and O–H groups in total. The Balaban J connectivity index is 1.48. The van der Waals surface area contributed by atoms with Gasteiger partial charge in [-0.2, -0.15) is 0 Å².